The summed E-state index contributed by atoms with van der Waals surface area (Å²) in [6.45, 7) is 0. The summed E-state index contributed by atoms with van der Waals surface area (Å²) in [6.07, 6.45) is -8.00. The highest BCUT2D eigenvalue weighted by atomic mass is 19.4. The van der Waals surface area contributed by atoms with Crippen LogP contribution in [0.4, 0.5) is 36.4 Å². The second-order valence-electron chi connectivity index (χ2n) is 5.17. The molecule has 2 nitrogen and oxygen atoms in total. The number of amides is 1. The lowest BCUT2D eigenvalue weighted by molar-refractivity contribution is -0.143. The molecule has 0 saturated heterocycles. The Hall–Kier alpha value is -2.84. The average molecular weight is 377 g/mol. The van der Waals surface area contributed by atoms with Crippen LogP contribution in [0.5, 0.6) is 0 Å². The van der Waals surface area contributed by atoms with Crippen LogP contribution in [0.2, 0.25) is 0 Å². The normalized spacial score (nSPS) is 12.4. The Bertz CT molecular complexity index is 805. The van der Waals surface area contributed by atoms with E-state index >= 15 is 0 Å². The molecule has 0 aliphatic carbocycles. The van der Waals surface area contributed by atoms with Gasteiger partial charge in [0.15, 0.2) is 0 Å². The van der Waals surface area contributed by atoms with Crippen molar-refractivity contribution in [2.75, 3.05) is 5.32 Å². The van der Waals surface area contributed by atoms with Crippen molar-refractivity contribution in [3.8, 4) is 0 Å². The summed E-state index contributed by atoms with van der Waals surface area (Å²) >= 11 is 0. The van der Waals surface area contributed by atoms with Crippen molar-refractivity contribution in [3.63, 3.8) is 0 Å². The Morgan fingerprint density at radius 2 is 1.46 bits per heavy atom. The Kier molecular flexibility index (Phi) is 5.38. The first-order valence-corrected chi connectivity index (χ1v) is 6.99. The predicted octanol–water partition coefficient (Wildman–Crippen LogP) is 5.52. The summed E-state index contributed by atoms with van der Waals surface area (Å²) in [4.78, 5) is 11.7. The molecule has 2 rings (SSSR count). The van der Waals surface area contributed by atoms with Crippen LogP contribution in [-0.4, -0.2) is 5.91 Å². The molecular weight excluding hydrogens is 367 g/mol. The molecule has 1 amide bonds. The van der Waals surface area contributed by atoms with Gasteiger partial charge in [0.2, 0.25) is 5.91 Å². The lowest BCUT2D eigenvalue weighted by Crippen LogP contribution is -2.14. The number of benzene rings is 2. The molecule has 0 aromatic heterocycles. The maximum absolute atomic E-state index is 13.0. The van der Waals surface area contributed by atoms with E-state index in [9.17, 15) is 35.5 Å². The van der Waals surface area contributed by atoms with Crippen LogP contribution in [0.25, 0.3) is 6.08 Å². The van der Waals surface area contributed by atoms with E-state index in [1.54, 1.807) is 0 Å². The zero-order chi connectivity index (χ0) is 19.5. The molecule has 0 aliphatic heterocycles. The molecule has 26 heavy (non-hydrogen) atoms. The van der Waals surface area contributed by atoms with E-state index in [0.717, 1.165) is 18.2 Å². The molecule has 0 heterocycles. The minimum Gasteiger partial charge on any atom is -0.322 e. The molecule has 0 spiro atoms. The number of halogens is 7. The SMILES string of the molecule is O=C(/C=C/c1cccc(F)c1)Nc1cc(C(F)(F)F)cc(C(F)(F)F)c1. The first-order chi connectivity index (χ1) is 11.9. The molecule has 2 aromatic rings. The molecule has 9 heteroatoms. The van der Waals surface area contributed by atoms with Crippen molar-refractivity contribution in [3.05, 3.63) is 71.0 Å². The van der Waals surface area contributed by atoms with Crippen molar-refractivity contribution >= 4 is 17.7 Å². The van der Waals surface area contributed by atoms with Crippen LogP contribution in [0.15, 0.2) is 48.5 Å². The summed E-state index contributed by atoms with van der Waals surface area (Å²) in [6, 6.07) is 5.83. The van der Waals surface area contributed by atoms with E-state index in [2.05, 4.69) is 0 Å². The number of anilines is 1. The van der Waals surface area contributed by atoms with E-state index < -0.39 is 40.9 Å². The largest absolute Gasteiger partial charge is 0.416 e. The second kappa shape index (κ2) is 7.19. The molecule has 0 fully saturated rings. The molecule has 0 saturated carbocycles. The first kappa shape index (κ1) is 19.5. The molecule has 0 bridgehead atoms. The number of alkyl halides is 6. The van der Waals surface area contributed by atoms with Gasteiger partial charge >= 0.3 is 12.4 Å². The lowest BCUT2D eigenvalue weighted by Gasteiger charge is -2.14. The third-order valence-corrected chi connectivity index (χ3v) is 3.13. The van der Waals surface area contributed by atoms with Crippen molar-refractivity contribution < 1.29 is 35.5 Å². The van der Waals surface area contributed by atoms with Gasteiger partial charge in [-0.3, -0.25) is 4.79 Å². The van der Waals surface area contributed by atoms with Gasteiger partial charge in [0, 0.05) is 11.8 Å². The van der Waals surface area contributed by atoms with Crippen molar-refractivity contribution in [2.24, 2.45) is 0 Å². The molecule has 0 aliphatic rings. The van der Waals surface area contributed by atoms with Gasteiger partial charge in [-0.05, 0) is 42.0 Å². The summed E-state index contributed by atoms with van der Waals surface area (Å²) in [5.74, 6) is -1.54. The number of carbonyl (C=O) groups excluding carboxylic acids is 1. The molecule has 0 atom stereocenters. The first-order valence-electron chi connectivity index (χ1n) is 6.99. The van der Waals surface area contributed by atoms with Crippen LogP contribution in [0.3, 0.4) is 0 Å². The van der Waals surface area contributed by atoms with Crippen LogP contribution in [-0.2, 0) is 17.1 Å². The Morgan fingerprint density at radius 1 is 0.885 bits per heavy atom. The molecule has 0 radical (unpaired) electrons. The Morgan fingerprint density at radius 3 is 1.96 bits per heavy atom. The fourth-order valence-electron chi connectivity index (χ4n) is 1.99. The summed E-state index contributed by atoms with van der Waals surface area (Å²) < 4.78 is 89.5. The molecule has 138 valence electrons. The van der Waals surface area contributed by atoms with Gasteiger partial charge in [-0.15, -0.1) is 0 Å². The van der Waals surface area contributed by atoms with Crippen LogP contribution in [0.1, 0.15) is 16.7 Å². The van der Waals surface area contributed by atoms with E-state index in [4.69, 9.17) is 0 Å². The highest BCUT2D eigenvalue weighted by Gasteiger charge is 2.37. The average Bonchev–Trinajstić information content (AvgIpc) is 2.51. The maximum Gasteiger partial charge on any atom is 0.416 e. The summed E-state index contributed by atoms with van der Waals surface area (Å²) in [5.41, 5.74) is -3.46. The quantitative estimate of drug-likeness (QED) is 0.554. The van der Waals surface area contributed by atoms with E-state index in [1.807, 2.05) is 5.32 Å². The zero-order valence-electron chi connectivity index (χ0n) is 12.8. The van der Waals surface area contributed by atoms with Crippen molar-refractivity contribution in [2.45, 2.75) is 12.4 Å². The van der Waals surface area contributed by atoms with Crippen LogP contribution in [0, 0.1) is 5.82 Å². The summed E-state index contributed by atoms with van der Waals surface area (Å²) in [5, 5.41) is 1.93. The predicted molar refractivity (Wildman–Crippen MR) is 80.5 cm³/mol. The van der Waals surface area contributed by atoms with Gasteiger partial charge in [0.1, 0.15) is 5.82 Å². The Balaban J connectivity index is 2.26. The molecule has 2 aromatic carbocycles. The highest BCUT2D eigenvalue weighted by Crippen LogP contribution is 2.37. The third kappa shape index (κ3) is 5.33. The zero-order valence-corrected chi connectivity index (χ0v) is 12.8. The topological polar surface area (TPSA) is 29.1 Å². The monoisotopic (exact) mass is 377 g/mol. The van der Waals surface area contributed by atoms with Gasteiger partial charge in [0.05, 0.1) is 11.1 Å². The van der Waals surface area contributed by atoms with Gasteiger partial charge in [-0.25, -0.2) is 4.39 Å². The standard InChI is InChI=1S/C17H10F7NO/c18-13-3-1-2-10(6-13)4-5-15(26)25-14-8-11(16(19,20)21)7-12(9-14)17(22,23)24/h1-9H,(H,25,26)/b5-4+. The fraction of sp³-hybridized carbons (Fsp3) is 0.118. The van der Waals surface area contributed by atoms with Gasteiger partial charge in [-0.1, -0.05) is 12.1 Å². The smallest absolute Gasteiger partial charge is 0.322 e. The number of hydrogen-bond acceptors (Lipinski definition) is 1. The van der Waals surface area contributed by atoms with E-state index in [0.29, 0.717) is 17.7 Å². The number of nitrogens with one attached hydrogen (secondary N) is 1. The van der Waals surface area contributed by atoms with Crippen molar-refractivity contribution in [1.82, 2.24) is 0 Å². The van der Waals surface area contributed by atoms with Crippen LogP contribution >= 0.6 is 0 Å². The van der Waals surface area contributed by atoms with E-state index in [1.165, 1.54) is 18.2 Å². The number of rotatable bonds is 3. The lowest BCUT2D eigenvalue weighted by atomic mass is 10.1. The molecular formula is C17H10F7NO. The number of carbonyl (C=O) groups is 1. The molecule has 1 N–H and O–H groups in total. The second-order valence-corrected chi connectivity index (χ2v) is 5.17. The summed E-state index contributed by atoms with van der Waals surface area (Å²) in [7, 11) is 0. The van der Waals surface area contributed by atoms with Crippen LogP contribution < -0.4 is 5.32 Å². The number of hydrogen-bond donors (Lipinski definition) is 1. The van der Waals surface area contributed by atoms with Crippen molar-refractivity contribution in [1.29, 1.82) is 0 Å². The fourth-order valence-corrected chi connectivity index (χ4v) is 1.99. The minimum absolute atomic E-state index is 0.0434. The highest BCUT2D eigenvalue weighted by molar-refractivity contribution is 6.02. The minimum atomic E-state index is -5.02. The van der Waals surface area contributed by atoms with Gasteiger partial charge < -0.3 is 5.32 Å². The third-order valence-electron chi connectivity index (χ3n) is 3.13. The van der Waals surface area contributed by atoms with Gasteiger partial charge in [-0.2, -0.15) is 26.3 Å². The van der Waals surface area contributed by atoms with Gasteiger partial charge in [0.25, 0.3) is 0 Å². The molecule has 0 unspecified atom stereocenters. The Labute approximate surface area is 142 Å². The maximum atomic E-state index is 13.0. The van der Waals surface area contributed by atoms with E-state index in [-0.39, 0.29) is 6.07 Å².